The topological polar surface area (TPSA) is 60.2 Å². The molecular formula is C12H13NO3. The van der Waals surface area contributed by atoms with Gasteiger partial charge in [0.05, 0.1) is 10.8 Å². The van der Waals surface area contributed by atoms with Gasteiger partial charge in [-0.05, 0) is 13.3 Å². The van der Waals surface area contributed by atoms with Crippen molar-refractivity contribution in [2.75, 3.05) is 0 Å². The third kappa shape index (κ3) is 2.53. The van der Waals surface area contributed by atoms with E-state index in [1.165, 1.54) is 13.0 Å². The van der Waals surface area contributed by atoms with E-state index in [2.05, 4.69) is 6.58 Å². The first kappa shape index (κ1) is 12.1. The third-order valence-corrected chi connectivity index (χ3v) is 2.40. The van der Waals surface area contributed by atoms with Crippen molar-refractivity contribution in [3.8, 4) is 0 Å². The van der Waals surface area contributed by atoms with Crippen molar-refractivity contribution in [3.63, 3.8) is 0 Å². The number of allylic oxidation sites excluding steroid dienone is 1. The minimum Gasteiger partial charge on any atom is -0.299 e. The summed E-state index contributed by atoms with van der Waals surface area (Å²) in [4.78, 5) is 21.8. The van der Waals surface area contributed by atoms with Crippen LogP contribution in [-0.2, 0) is 4.79 Å². The van der Waals surface area contributed by atoms with Gasteiger partial charge in [-0.1, -0.05) is 24.3 Å². The van der Waals surface area contributed by atoms with Gasteiger partial charge in [0.25, 0.3) is 5.69 Å². The molecule has 0 heterocycles. The fourth-order valence-corrected chi connectivity index (χ4v) is 1.63. The maximum atomic E-state index is 11.4. The van der Waals surface area contributed by atoms with Gasteiger partial charge in [-0.15, -0.1) is 6.58 Å². The lowest BCUT2D eigenvalue weighted by Crippen LogP contribution is -2.10. The molecule has 1 aromatic rings. The van der Waals surface area contributed by atoms with Crippen molar-refractivity contribution in [1.29, 1.82) is 0 Å². The quantitative estimate of drug-likeness (QED) is 0.434. The van der Waals surface area contributed by atoms with E-state index in [-0.39, 0.29) is 11.5 Å². The first-order valence-electron chi connectivity index (χ1n) is 4.92. The van der Waals surface area contributed by atoms with Gasteiger partial charge < -0.3 is 0 Å². The first-order chi connectivity index (χ1) is 7.57. The molecule has 0 aliphatic rings. The molecule has 1 rings (SSSR count). The molecule has 0 bridgehead atoms. The molecule has 0 aliphatic carbocycles. The fraction of sp³-hybridized carbons (Fsp3) is 0.250. The third-order valence-electron chi connectivity index (χ3n) is 2.40. The summed E-state index contributed by atoms with van der Waals surface area (Å²) in [7, 11) is 0. The van der Waals surface area contributed by atoms with Crippen LogP contribution in [0.15, 0.2) is 36.9 Å². The van der Waals surface area contributed by atoms with Crippen LogP contribution < -0.4 is 0 Å². The van der Waals surface area contributed by atoms with Gasteiger partial charge in [0, 0.05) is 11.6 Å². The number of nitrogens with zero attached hydrogens (tertiary/aromatic N) is 1. The Kier molecular flexibility index (Phi) is 3.94. The Morgan fingerprint density at radius 3 is 2.69 bits per heavy atom. The van der Waals surface area contributed by atoms with E-state index in [1.807, 2.05) is 0 Å². The van der Waals surface area contributed by atoms with Crippen molar-refractivity contribution < 1.29 is 9.72 Å². The number of benzene rings is 1. The van der Waals surface area contributed by atoms with Crippen molar-refractivity contribution in [2.45, 2.75) is 19.3 Å². The van der Waals surface area contributed by atoms with Crippen LogP contribution in [0.4, 0.5) is 5.69 Å². The molecule has 1 aromatic carbocycles. The number of ketones is 1. The minimum absolute atomic E-state index is 0.00968. The van der Waals surface area contributed by atoms with Gasteiger partial charge in [0.2, 0.25) is 0 Å². The van der Waals surface area contributed by atoms with Gasteiger partial charge in [0.1, 0.15) is 5.78 Å². The highest BCUT2D eigenvalue weighted by Gasteiger charge is 2.23. The summed E-state index contributed by atoms with van der Waals surface area (Å²) < 4.78 is 0. The molecule has 0 radical (unpaired) electrons. The summed E-state index contributed by atoms with van der Waals surface area (Å²) in [5.74, 6) is -0.562. The number of carbonyl (C=O) groups excluding carboxylic acids is 1. The molecule has 1 atom stereocenters. The summed E-state index contributed by atoms with van der Waals surface area (Å²) in [6, 6.07) is 6.32. The lowest BCUT2D eigenvalue weighted by molar-refractivity contribution is -0.385. The lowest BCUT2D eigenvalue weighted by atomic mass is 9.91. The van der Waals surface area contributed by atoms with E-state index in [9.17, 15) is 14.9 Å². The van der Waals surface area contributed by atoms with Gasteiger partial charge >= 0.3 is 0 Å². The Morgan fingerprint density at radius 2 is 2.19 bits per heavy atom. The fourth-order valence-electron chi connectivity index (χ4n) is 1.63. The number of para-hydroxylation sites is 1. The molecule has 84 valence electrons. The molecule has 0 fully saturated rings. The van der Waals surface area contributed by atoms with E-state index in [0.717, 1.165) is 0 Å². The van der Waals surface area contributed by atoms with Crippen LogP contribution >= 0.6 is 0 Å². The van der Waals surface area contributed by atoms with Gasteiger partial charge in [-0.2, -0.15) is 0 Å². The molecule has 0 saturated heterocycles. The highest BCUT2D eigenvalue weighted by molar-refractivity contribution is 5.84. The second kappa shape index (κ2) is 5.21. The Balaban J connectivity index is 3.22. The molecule has 0 spiro atoms. The zero-order valence-corrected chi connectivity index (χ0v) is 9.05. The monoisotopic (exact) mass is 219 g/mol. The van der Waals surface area contributed by atoms with E-state index in [0.29, 0.717) is 12.0 Å². The van der Waals surface area contributed by atoms with Crippen LogP contribution in [0.5, 0.6) is 0 Å². The molecule has 0 N–H and O–H groups in total. The summed E-state index contributed by atoms with van der Waals surface area (Å²) in [6.45, 7) is 5.00. The summed E-state index contributed by atoms with van der Waals surface area (Å²) in [6.07, 6.45) is 2.02. The van der Waals surface area contributed by atoms with E-state index < -0.39 is 10.8 Å². The van der Waals surface area contributed by atoms with Gasteiger partial charge in [-0.3, -0.25) is 14.9 Å². The Bertz CT molecular complexity index is 426. The van der Waals surface area contributed by atoms with E-state index in [4.69, 9.17) is 0 Å². The van der Waals surface area contributed by atoms with Crippen molar-refractivity contribution >= 4 is 11.5 Å². The van der Waals surface area contributed by atoms with Gasteiger partial charge in [0.15, 0.2) is 0 Å². The SMILES string of the molecule is C=CCC(C(C)=O)c1ccccc1[N+](=O)[O-]. The number of hydrogen-bond donors (Lipinski definition) is 0. The van der Waals surface area contributed by atoms with Gasteiger partial charge in [-0.25, -0.2) is 0 Å². The molecule has 4 nitrogen and oxygen atoms in total. The maximum absolute atomic E-state index is 11.4. The van der Waals surface area contributed by atoms with Crippen molar-refractivity contribution in [2.24, 2.45) is 0 Å². The molecule has 16 heavy (non-hydrogen) atoms. The molecule has 0 saturated carbocycles. The first-order valence-corrected chi connectivity index (χ1v) is 4.92. The van der Waals surface area contributed by atoms with Crippen LogP contribution in [0, 0.1) is 10.1 Å². The largest absolute Gasteiger partial charge is 0.299 e. The summed E-state index contributed by atoms with van der Waals surface area (Å²) in [5.41, 5.74) is 0.449. The predicted octanol–water partition coefficient (Wildman–Crippen LogP) is 2.84. The van der Waals surface area contributed by atoms with Crippen molar-refractivity contribution in [3.05, 3.63) is 52.6 Å². The second-order valence-electron chi connectivity index (χ2n) is 3.50. The van der Waals surface area contributed by atoms with Crippen LogP contribution in [-0.4, -0.2) is 10.7 Å². The minimum atomic E-state index is -0.473. The van der Waals surface area contributed by atoms with Crippen LogP contribution in [0.2, 0.25) is 0 Å². The molecule has 4 heteroatoms. The smallest absolute Gasteiger partial charge is 0.273 e. The highest BCUT2D eigenvalue weighted by Crippen LogP contribution is 2.29. The number of rotatable bonds is 5. The number of carbonyl (C=O) groups is 1. The van der Waals surface area contributed by atoms with Crippen LogP contribution in [0.3, 0.4) is 0 Å². The van der Waals surface area contributed by atoms with Crippen molar-refractivity contribution in [1.82, 2.24) is 0 Å². The molecular weight excluding hydrogens is 206 g/mol. The summed E-state index contributed by atoms with van der Waals surface area (Å²) >= 11 is 0. The average Bonchev–Trinajstić information content (AvgIpc) is 2.25. The molecule has 1 unspecified atom stereocenters. The van der Waals surface area contributed by atoms with E-state index in [1.54, 1.807) is 24.3 Å². The molecule has 0 aliphatic heterocycles. The van der Waals surface area contributed by atoms with E-state index >= 15 is 0 Å². The average molecular weight is 219 g/mol. The Morgan fingerprint density at radius 1 is 1.56 bits per heavy atom. The lowest BCUT2D eigenvalue weighted by Gasteiger charge is -2.11. The molecule has 0 amide bonds. The number of nitro groups is 1. The van der Waals surface area contributed by atoms with Crippen LogP contribution in [0.1, 0.15) is 24.8 Å². The van der Waals surface area contributed by atoms with Crippen LogP contribution in [0.25, 0.3) is 0 Å². The maximum Gasteiger partial charge on any atom is 0.273 e. The highest BCUT2D eigenvalue weighted by atomic mass is 16.6. The second-order valence-corrected chi connectivity index (χ2v) is 3.50. The Labute approximate surface area is 93.7 Å². The zero-order valence-electron chi connectivity index (χ0n) is 9.05. The number of hydrogen-bond acceptors (Lipinski definition) is 3. The summed E-state index contributed by atoms with van der Waals surface area (Å²) in [5, 5.41) is 10.8. The normalized spacial score (nSPS) is 11.8. The predicted molar refractivity (Wildman–Crippen MR) is 61.3 cm³/mol. The number of Topliss-reactive ketones (excluding diaryl/α,β-unsaturated/α-hetero) is 1. The molecule has 0 aromatic heterocycles. The Hall–Kier alpha value is -1.97. The standard InChI is InChI=1S/C12H13NO3/c1-3-6-10(9(2)14)11-7-4-5-8-12(11)13(15)16/h3-5,7-8,10H,1,6H2,2H3. The number of nitro benzene ring substituents is 1. The zero-order chi connectivity index (χ0) is 12.1.